The normalized spacial score (nSPS) is 14.4. The Morgan fingerprint density at radius 1 is 0.879 bits per heavy atom. The lowest BCUT2D eigenvalue weighted by atomic mass is 10.0. The second-order valence-corrected chi connectivity index (χ2v) is 7.89. The fraction of sp³-hybridized carbons (Fsp3) is 0.208. The van der Waals surface area contributed by atoms with E-state index in [1.165, 1.54) is 24.3 Å². The molecule has 0 radical (unpaired) electrons. The Bertz CT molecular complexity index is 1250. The van der Waals surface area contributed by atoms with Gasteiger partial charge in [0.2, 0.25) is 5.95 Å². The summed E-state index contributed by atoms with van der Waals surface area (Å²) in [7, 11) is 0. The largest absolute Gasteiger partial charge is 0.326 e. The van der Waals surface area contributed by atoms with Crippen molar-refractivity contribution in [1.29, 1.82) is 0 Å². The molecule has 33 heavy (non-hydrogen) atoms. The van der Waals surface area contributed by atoms with Crippen molar-refractivity contribution in [3.05, 3.63) is 78.5 Å². The van der Waals surface area contributed by atoms with Gasteiger partial charge in [0.1, 0.15) is 17.5 Å². The van der Waals surface area contributed by atoms with Crippen LogP contribution in [0.5, 0.6) is 0 Å². The molecule has 0 saturated carbocycles. The van der Waals surface area contributed by atoms with E-state index < -0.39 is 11.6 Å². The van der Waals surface area contributed by atoms with E-state index in [2.05, 4.69) is 30.2 Å². The second-order valence-electron chi connectivity index (χ2n) is 7.89. The van der Waals surface area contributed by atoms with Gasteiger partial charge < -0.3 is 15.2 Å². The van der Waals surface area contributed by atoms with E-state index in [1.807, 2.05) is 0 Å². The number of anilines is 2. The van der Waals surface area contributed by atoms with Crippen molar-refractivity contribution in [3.63, 3.8) is 0 Å². The average molecular weight is 450 g/mol. The zero-order valence-electron chi connectivity index (χ0n) is 17.6. The fourth-order valence-electron chi connectivity index (χ4n) is 4.10. The van der Waals surface area contributed by atoms with E-state index >= 15 is 0 Å². The molecule has 1 saturated heterocycles. The van der Waals surface area contributed by atoms with Crippen LogP contribution in [0.15, 0.2) is 61.1 Å². The number of nitrogens with zero attached hydrogens (tertiary/aromatic N) is 4. The number of hydrogen-bond donors (Lipinski definition) is 2. The third-order valence-corrected chi connectivity index (χ3v) is 5.63. The predicted molar refractivity (Wildman–Crippen MR) is 119 cm³/mol. The third-order valence-electron chi connectivity index (χ3n) is 5.63. The molecule has 0 atom stereocenters. The lowest BCUT2D eigenvalue weighted by Crippen LogP contribution is -2.29. The number of benzene rings is 2. The maximum Gasteiger partial charge on any atom is 0.227 e. The van der Waals surface area contributed by atoms with Gasteiger partial charge in [-0.15, -0.1) is 0 Å². The smallest absolute Gasteiger partial charge is 0.227 e. The first-order valence-electron chi connectivity index (χ1n) is 10.7. The van der Waals surface area contributed by atoms with Crippen molar-refractivity contribution in [1.82, 2.24) is 24.8 Å². The minimum absolute atomic E-state index is 0.195. The molecule has 4 aromatic rings. The lowest BCUT2D eigenvalue weighted by Gasteiger charge is -2.25. The standard InChI is InChI=1S/C24H21F3N6/c25-16-3-1-15(2-4-16)22-23(33(14-30-22)20-5-8-28-9-6-20)21-7-10-29-24(32-21)31-19-12-17(26)11-18(27)13-19/h1-4,7,10-14,20,28H,5-6,8-9H2,(H,29,31,32). The summed E-state index contributed by atoms with van der Waals surface area (Å²) in [5, 5.41) is 6.22. The molecule has 1 fully saturated rings. The highest BCUT2D eigenvalue weighted by molar-refractivity contribution is 5.77. The van der Waals surface area contributed by atoms with Crippen LogP contribution in [0.2, 0.25) is 0 Å². The van der Waals surface area contributed by atoms with Crippen molar-refractivity contribution in [3.8, 4) is 22.6 Å². The Morgan fingerprint density at radius 2 is 1.61 bits per heavy atom. The number of nitrogens with one attached hydrogen (secondary N) is 2. The number of hydrogen-bond acceptors (Lipinski definition) is 5. The van der Waals surface area contributed by atoms with Crippen LogP contribution in [0, 0.1) is 17.5 Å². The highest BCUT2D eigenvalue weighted by Crippen LogP contribution is 2.35. The summed E-state index contributed by atoms with van der Waals surface area (Å²) in [5.41, 5.74) is 3.02. The maximum atomic E-state index is 13.6. The van der Waals surface area contributed by atoms with Crippen LogP contribution in [0.3, 0.4) is 0 Å². The number of rotatable bonds is 5. The molecule has 0 bridgehead atoms. The van der Waals surface area contributed by atoms with Crippen molar-refractivity contribution in [2.75, 3.05) is 18.4 Å². The van der Waals surface area contributed by atoms with Gasteiger partial charge in [0.15, 0.2) is 0 Å². The van der Waals surface area contributed by atoms with E-state index in [9.17, 15) is 13.2 Å². The molecule has 0 spiro atoms. The van der Waals surface area contributed by atoms with E-state index in [0.717, 1.165) is 43.3 Å². The highest BCUT2D eigenvalue weighted by Gasteiger charge is 2.23. The molecule has 2 N–H and O–H groups in total. The first-order valence-corrected chi connectivity index (χ1v) is 10.7. The minimum atomic E-state index is -0.698. The van der Waals surface area contributed by atoms with Gasteiger partial charge in [-0.2, -0.15) is 0 Å². The Kier molecular flexibility index (Phi) is 5.78. The molecule has 0 amide bonds. The van der Waals surface area contributed by atoms with E-state index in [0.29, 0.717) is 11.4 Å². The quantitative estimate of drug-likeness (QED) is 0.443. The third kappa shape index (κ3) is 4.58. The van der Waals surface area contributed by atoms with Gasteiger partial charge in [0, 0.05) is 29.6 Å². The number of halogens is 3. The van der Waals surface area contributed by atoms with Crippen molar-refractivity contribution in [2.24, 2.45) is 0 Å². The Labute approximate surface area is 188 Å². The average Bonchev–Trinajstić information content (AvgIpc) is 3.25. The topological polar surface area (TPSA) is 67.7 Å². The van der Waals surface area contributed by atoms with Crippen molar-refractivity contribution >= 4 is 11.6 Å². The predicted octanol–water partition coefficient (Wildman–Crippen LogP) is 5.09. The molecule has 2 aromatic heterocycles. The SMILES string of the molecule is Fc1ccc(-c2ncn(C3CCNCC3)c2-c2ccnc(Nc3cc(F)cc(F)c3)n2)cc1. The Morgan fingerprint density at radius 3 is 2.33 bits per heavy atom. The molecular weight excluding hydrogens is 429 g/mol. The minimum Gasteiger partial charge on any atom is -0.326 e. The van der Waals surface area contributed by atoms with Gasteiger partial charge in [-0.3, -0.25) is 0 Å². The number of aromatic nitrogens is 4. The van der Waals surface area contributed by atoms with Crippen LogP contribution in [0.25, 0.3) is 22.6 Å². The summed E-state index contributed by atoms with van der Waals surface area (Å²) in [6.07, 6.45) is 5.24. The van der Waals surface area contributed by atoms with Gasteiger partial charge in [-0.25, -0.2) is 28.1 Å². The molecule has 5 rings (SSSR count). The molecule has 6 nitrogen and oxygen atoms in total. The summed E-state index contributed by atoms with van der Waals surface area (Å²) in [5.74, 6) is -1.53. The molecule has 1 aliphatic heterocycles. The highest BCUT2D eigenvalue weighted by atomic mass is 19.1. The Hall–Kier alpha value is -3.72. The van der Waals surface area contributed by atoms with E-state index in [4.69, 9.17) is 0 Å². The fourth-order valence-corrected chi connectivity index (χ4v) is 4.10. The lowest BCUT2D eigenvalue weighted by molar-refractivity contribution is 0.370. The number of piperidine rings is 1. The van der Waals surface area contributed by atoms with Crippen LogP contribution in [-0.2, 0) is 0 Å². The summed E-state index contributed by atoms with van der Waals surface area (Å²) < 4.78 is 42.8. The van der Waals surface area contributed by atoms with Gasteiger partial charge in [-0.1, -0.05) is 0 Å². The zero-order valence-corrected chi connectivity index (χ0v) is 17.6. The Balaban J connectivity index is 1.57. The van der Waals surface area contributed by atoms with Crippen LogP contribution in [-0.4, -0.2) is 32.6 Å². The van der Waals surface area contributed by atoms with Gasteiger partial charge in [0.25, 0.3) is 0 Å². The molecule has 0 unspecified atom stereocenters. The zero-order chi connectivity index (χ0) is 22.8. The van der Waals surface area contributed by atoms with Gasteiger partial charge >= 0.3 is 0 Å². The summed E-state index contributed by atoms with van der Waals surface area (Å²) in [6, 6.07) is 11.3. The summed E-state index contributed by atoms with van der Waals surface area (Å²) in [4.78, 5) is 13.5. The first kappa shape index (κ1) is 21.1. The summed E-state index contributed by atoms with van der Waals surface area (Å²) >= 11 is 0. The van der Waals surface area contributed by atoms with Crippen molar-refractivity contribution in [2.45, 2.75) is 18.9 Å². The van der Waals surface area contributed by atoms with Crippen LogP contribution >= 0.6 is 0 Å². The van der Waals surface area contributed by atoms with Gasteiger partial charge in [0.05, 0.1) is 23.4 Å². The van der Waals surface area contributed by atoms with Crippen LogP contribution in [0.4, 0.5) is 24.8 Å². The van der Waals surface area contributed by atoms with E-state index in [1.54, 1.807) is 30.7 Å². The monoisotopic (exact) mass is 450 g/mol. The molecule has 9 heteroatoms. The van der Waals surface area contributed by atoms with Crippen LogP contribution < -0.4 is 10.6 Å². The van der Waals surface area contributed by atoms with Crippen LogP contribution in [0.1, 0.15) is 18.9 Å². The maximum absolute atomic E-state index is 13.6. The van der Waals surface area contributed by atoms with Gasteiger partial charge in [-0.05, 0) is 68.4 Å². The molecular formula is C24H21F3N6. The molecule has 2 aromatic carbocycles. The van der Waals surface area contributed by atoms with Crippen molar-refractivity contribution < 1.29 is 13.2 Å². The number of imidazole rings is 1. The second kappa shape index (κ2) is 9.03. The molecule has 0 aliphatic carbocycles. The molecule has 1 aliphatic rings. The molecule has 168 valence electrons. The first-order chi connectivity index (χ1) is 16.1. The summed E-state index contributed by atoms with van der Waals surface area (Å²) in [6.45, 7) is 1.80. The van der Waals surface area contributed by atoms with E-state index in [-0.39, 0.29) is 23.5 Å². The molecule has 3 heterocycles.